The zero-order valence-electron chi connectivity index (χ0n) is 10.5. The van der Waals surface area contributed by atoms with E-state index in [1.54, 1.807) is 0 Å². The van der Waals surface area contributed by atoms with Crippen molar-refractivity contribution in [3.63, 3.8) is 0 Å². The average Bonchev–Trinajstić information content (AvgIpc) is 2.16. The molecule has 1 aliphatic rings. The maximum atomic E-state index is 5.95. The molecule has 88 valence electrons. The Morgan fingerprint density at radius 3 is 2.38 bits per heavy atom. The van der Waals surface area contributed by atoms with Gasteiger partial charge in [0.2, 0.25) is 0 Å². The van der Waals surface area contributed by atoms with E-state index >= 15 is 0 Å². The smallest absolute Gasteiger partial charge is 0.156 e. The van der Waals surface area contributed by atoms with Crippen LogP contribution in [0.4, 0.5) is 0 Å². The summed E-state index contributed by atoms with van der Waals surface area (Å²) in [5, 5.41) is 0. The molecular formula is C14H20O2. The van der Waals surface area contributed by atoms with Gasteiger partial charge in [0.25, 0.3) is 0 Å². The Morgan fingerprint density at radius 2 is 1.81 bits per heavy atom. The summed E-state index contributed by atoms with van der Waals surface area (Å²) in [4.78, 5) is 0. The quantitative estimate of drug-likeness (QED) is 0.722. The molecule has 1 aromatic rings. The first-order valence-electron chi connectivity index (χ1n) is 5.90. The maximum Gasteiger partial charge on any atom is 0.156 e. The molecule has 1 fully saturated rings. The van der Waals surface area contributed by atoms with Crippen LogP contribution in [0.25, 0.3) is 0 Å². The van der Waals surface area contributed by atoms with Crippen LogP contribution in [0.2, 0.25) is 0 Å². The van der Waals surface area contributed by atoms with Gasteiger partial charge in [0.15, 0.2) is 6.29 Å². The molecule has 2 rings (SSSR count). The molecular weight excluding hydrogens is 200 g/mol. The molecule has 0 aliphatic carbocycles. The van der Waals surface area contributed by atoms with E-state index in [1.807, 2.05) is 6.92 Å². The minimum absolute atomic E-state index is 0.130. The van der Waals surface area contributed by atoms with E-state index in [0.717, 1.165) is 6.42 Å². The van der Waals surface area contributed by atoms with E-state index in [4.69, 9.17) is 9.47 Å². The maximum absolute atomic E-state index is 5.95. The monoisotopic (exact) mass is 220 g/mol. The third-order valence-electron chi connectivity index (χ3n) is 3.19. The number of hydrogen-bond acceptors (Lipinski definition) is 2. The number of hydrogen-bond donors (Lipinski definition) is 0. The minimum atomic E-state index is -0.217. The standard InChI is InChI=1S/C14H20O2/c1-10-5-7-13(8-6-10)14(4)9-11(2)15-12(3)16-14/h5-8,11-12H,9H2,1-4H3/t11-,12-,14+/m0/s1. The summed E-state index contributed by atoms with van der Waals surface area (Å²) in [6, 6.07) is 8.57. The number of ether oxygens (including phenoxy) is 2. The second kappa shape index (κ2) is 4.19. The molecule has 16 heavy (non-hydrogen) atoms. The van der Waals surface area contributed by atoms with Crippen LogP contribution in [0.1, 0.15) is 38.3 Å². The fourth-order valence-electron chi connectivity index (χ4n) is 2.46. The fourth-order valence-corrected chi connectivity index (χ4v) is 2.46. The van der Waals surface area contributed by atoms with Crippen molar-refractivity contribution in [1.82, 2.24) is 0 Å². The number of benzene rings is 1. The number of rotatable bonds is 1. The van der Waals surface area contributed by atoms with Gasteiger partial charge in [-0.25, -0.2) is 0 Å². The van der Waals surface area contributed by atoms with Gasteiger partial charge in [-0.05, 0) is 33.3 Å². The topological polar surface area (TPSA) is 18.5 Å². The molecule has 0 N–H and O–H groups in total. The lowest BCUT2D eigenvalue weighted by molar-refractivity contribution is -0.270. The Kier molecular flexibility index (Phi) is 3.04. The number of aryl methyl sites for hydroxylation is 1. The summed E-state index contributed by atoms with van der Waals surface area (Å²) in [6.07, 6.45) is 1.02. The largest absolute Gasteiger partial charge is 0.350 e. The summed E-state index contributed by atoms with van der Waals surface area (Å²) in [7, 11) is 0. The molecule has 0 amide bonds. The Morgan fingerprint density at radius 1 is 1.19 bits per heavy atom. The van der Waals surface area contributed by atoms with Gasteiger partial charge in [-0.15, -0.1) is 0 Å². The van der Waals surface area contributed by atoms with Crippen molar-refractivity contribution in [1.29, 1.82) is 0 Å². The molecule has 0 bridgehead atoms. The predicted molar refractivity (Wildman–Crippen MR) is 64.2 cm³/mol. The van der Waals surface area contributed by atoms with Crippen LogP contribution < -0.4 is 0 Å². The SMILES string of the molecule is Cc1ccc([C@@]2(C)C[C@H](C)O[C@H](C)O2)cc1. The Balaban J connectivity index is 2.26. The zero-order valence-corrected chi connectivity index (χ0v) is 10.5. The lowest BCUT2D eigenvalue weighted by Gasteiger charge is -2.41. The third-order valence-corrected chi connectivity index (χ3v) is 3.19. The lowest BCUT2D eigenvalue weighted by atomic mass is 9.88. The van der Waals surface area contributed by atoms with Crippen LogP contribution >= 0.6 is 0 Å². The van der Waals surface area contributed by atoms with Gasteiger partial charge in [0, 0.05) is 6.42 Å². The third kappa shape index (κ3) is 2.28. The molecule has 0 aromatic heterocycles. The van der Waals surface area contributed by atoms with E-state index in [-0.39, 0.29) is 18.0 Å². The first kappa shape index (κ1) is 11.6. The van der Waals surface area contributed by atoms with Crippen molar-refractivity contribution >= 4 is 0 Å². The normalized spacial score (nSPS) is 35.0. The summed E-state index contributed by atoms with van der Waals surface area (Å²) in [5.41, 5.74) is 2.30. The zero-order chi connectivity index (χ0) is 11.8. The second-order valence-corrected chi connectivity index (χ2v) is 4.93. The predicted octanol–water partition coefficient (Wildman–Crippen LogP) is 3.38. The molecule has 1 aromatic carbocycles. The summed E-state index contributed by atoms with van der Waals surface area (Å²) >= 11 is 0. The highest BCUT2D eigenvalue weighted by Gasteiger charge is 2.36. The molecule has 1 heterocycles. The first-order chi connectivity index (χ1) is 7.49. The van der Waals surface area contributed by atoms with Crippen molar-refractivity contribution in [3.8, 4) is 0 Å². The molecule has 0 unspecified atom stereocenters. The average molecular weight is 220 g/mol. The molecule has 0 saturated carbocycles. The van der Waals surface area contributed by atoms with Gasteiger partial charge in [-0.1, -0.05) is 29.8 Å². The van der Waals surface area contributed by atoms with Crippen LogP contribution in [-0.2, 0) is 15.1 Å². The first-order valence-corrected chi connectivity index (χ1v) is 5.90. The van der Waals surface area contributed by atoms with E-state index in [1.165, 1.54) is 11.1 Å². The van der Waals surface area contributed by atoms with Crippen LogP contribution in [0.15, 0.2) is 24.3 Å². The van der Waals surface area contributed by atoms with Crippen LogP contribution in [0, 0.1) is 6.92 Å². The Bertz CT molecular complexity index is 346. The minimum Gasteiger partial charge on any atom is -0.350 e. The highest BCUT2D eigenvalue weighted by Crippen LogP contribution is 2.36. The molecule has 1 aliphatic heterocycles. The molecule has 2 heteroatoms. The highest BCUT2D eigenvalue weighted by atomic mass is 16.7. The molecule has 0 radical (unpaired) electrons. The van der Waals surface area contributed by atoms with Gasteiger partial charge >= 0.3 is 0 Å². The van der Waals surface area contributed by atoms with Gasteiger partial charge in [0.1, 0.15) is 0 Å². The summed E-state index contributed by atoms with van der Waals surface area (Å²) in [5.74, 6) is 0. The molecule has 2 nitrogen and oxygen atoms in total. The van der Waals surface area contributed by atoms with E-state index < -0.39 is 0 Å². The van der Waals surface area contributed by atoms with E-state index in [0.29, 0.717) is 0 Å². The molecule has 3 atom stereocenters. The van der Waals surface area contributed by atoms with Crippen molar-refractivity contribution in [2.24, 2.45) is 0 Å². The highest BCUT2D eigenvalue weighted by molar-refractivity contribution is 5.26. The summed E-state index contributed by atoms with van der Waals surface area (Å²) in [6.45, 7) is 8.31. The van der Waals surface area contributed by atoms with Gasteiger partial charge < -0.3 is 9.47 Å². The van der Waals surface area contributed by atoms with Crippen LogP contribution in [-0.4, -0.2) is 12.4 Å². The van der Waals surface area contributed by atoms with Crippen LogP contribution in [0.3, 0.4) is 0 Å². The summed E-state index contributed by atoms with van der Waals surface area (Å²) < 4.78 is 11.6. The van der Waals surface area contributed by atoms with Crippen molar-refractivity contribution in [3.05, 3.63) is 35.4 Å². The van der Waals surface area contributed by atoms with E-state index in [9.17, 15) is 0 Å². The molecule has 1 saturated heterocycles. The second-order valence-electron chi connectivity index (χ2n) is 4.93. The van der Waals surface area contributed by atoms with Gasteiger partial charge in [0.05, 0.1) is 11.7 Å². The van der Waals surface area contributed by atoms with Gasteiger partial charge in [-0.2, -0.15) is 0 Å². The van der Waals surface area contributed by atoms with Crippen LogP contribution in [0.5, 0.6) is 0 Å². The van der Waals surface area contributed by atoms with Gasteiger partial charge in [-0.3, -0.25) is 0 Å². The lowest BCUT2D eigenvalue weighted by Crippen LogP contribution is -2.41. The van der Waals surface area contributed by atoms with Crippen molar-refractivity contribution in [2.45, 2.75) is 52.1 Å². The van der Waals surface area contributed by atoms with E-state index in [2.05, 4.69) is 45.0 Å². The van der Waals surface area contributed by atoms with Crippen molar-refractivity contribution in [2.75, 3.05) is 0 Å². The Hall–Kier alpha value is -0.860. The molecule has 0 spiro atoms. The fraction of sp³-hybridized carbons (Fsp3) is 0.571. The van der Waals surface area contributed by atoms with Crippen molar-refractivity contribution < 1.29 is 9.47 Å². The Labute approximate surface area is 97.6 Å².